The van der Waals surface area contributed by atoms with Gasteiger partial charge < -0.3 is 10.1 Å². The number of benzene rings is 1. The minimum atomic E-state index is 0.444. The van der Waals surface area contributed by atoms with Crippen LogP contribution < -0.4 is 10.1 Å². The SMILES string of the molecule is CCCNCc1ccc(OCc2cncc(Br)c2)c(Cl)c1. The van der Waals surface area contributed by atoms with Crippen LogP contribution in [0.15, 0.2) is 41.1 Å². The van der Waals surface area contributed by atoms with E-state index in [4.69, 9.17) is 16.3 Å². The predicted molar refractivity (Wildman–Crippen MR) is 89.7 cm³/mol. The molecule has 2 rings (SSSR count). The van der Waals surface area contributed by atoms with Gasteiger partial charge in [0.05, 0.1) is 5.02 Å². The van der Waals surface area contributed by atoms with E-state index in [9.17, 15) is 0 Å². The Morgan fingerprint density at radius 1 is 1.24 bits per heavy atom. The van der Waals surface area contributed by atoms with Crippen LogP contribution in [0, 0.1) is 0 Å². The Bertz CT molecular complexity index is 592. The van der Waals surface area contributed by atoms with Gasteiger partial charge in [0.2, 0.25) is 0 Å². The zero-order valence-corrected chi connectivity index (χ0v) is 14.2. The van der Waals surface area contributed by atoms with Crippen molar-refractivity contribution in [2.24, 2.45) is 0 Å². The summed E-state index contributed by atoms with van der Waals surface area (Å²) in [6.07, 6.45) is 4.64. The highest BCUT2D eigenvalue weighted by Gasteiger charge is 2.04. The molecule has 0 spiro atoms. The molecule has 0 unspecified atom stereocenters. The summed E-state index contributed by atoms with van der Waals surface area (Å²) in [6, 6.07) is 7.86. The summed E-state index contributed by atoms with van der Waals surface area (Å²) in [5.41, 5.74) is 2.15. The Hall–Kier alpha value is -1.10. The summed E-state index contributed by atoms with van der Waals surface area (Å²) in [5, 5.41) is 3.98. The normalized spacial score (nSPS) is 10.6. The van der Waals surface area contributed by atoms with Crippen molar-refractivity contribution in [1.82, 2.24) is 10.3 Å². The maximum absolute atomic E-state index is 6.26. The van der Waals surface area contributed by atoms with E-state index in [1.165, 1.54) is 0 Å². The average molecular weight is 370 g/mol. The second-order valence-corrected chi connectivity index (χ2v) is 6.06. The maximum atomic E-state index is 6.26. The van der Waals surface area contributed by atoms with E-state index in [1.807, 2.05) is 24.3 Å². The fourth-order valence-electron chi connectivity index (χ4n) is 1.88. The third kappa shape index (κ3) is 5.30. The smallest absolute Gasteiger partial charge is 0.138 e. The lowest BCUT2D eigenvalue weighted by Crippen LogP contribution is -2.13. The van der Waals surface area contributed by atoms with Crippen LogP contribution in [0.4, 0.5) is 0 Å². The molecule has 0 atom stereocenters. The molecule has 0 aliphatic heterocycles. The standard InChI is InChI=1S/C16H18BrClN2O/c1-2-5-19-8-12-3-4-16(15(18)7-12)21-11-13-6-14(17)10-20-9-13/h3-4,6-7,9-10,19H,2,5,8,11H2,1H3. The van der Waals surface area contributed by atoms with E-state index in [-0.39, 0.29) is 0 Å². The van der Waals surface area contributed by atoms with Crippen LogP contribution >= 0.6 is 27.5 Å². The Kier molecular flexibility index (Phi) is 6.49. The molecule has 1 aromatic heterocycles. The molecule has 2 aromatic rings. The first-order valence-electron chi connectivity index (χ1n) is 6.90. The Morgan fingerprint density at radius 3 is 2.81 bits per heavy atom. The van der Waals surface area contributed by atoms with Crippen molar-refractivity contribution in [2.75, 3.05) is 6.54 Å². The molecule has 21 heavy (non-hydrogen) atoms. The van der Waals surface area contributed by atoms with E-state index >= 15 is 0 Å². The van der Waals surface area contributed by atoms with Crippen molar-refractivity contribution < 1.29 is 4.74 Å². The van der Waals surface area contributed by atoms with Gasteiger partial charge in [0.25, 0.3) is 0 Å². The fraction of sp³-hybridized carbons (Fsp3) is 0.312. The molecule has 0 aliphatic rings. The minimum Gasteiger partial charge on any atom is -0.487 e. The van der Waals surface area contributed by atoms with E-state index < -0.39 is 0 Å². The largest absolute Gasteiger partial charge is 0.487 e. The summed E-state index contributed by atoms with van der Waals surface area (Å²) in [7, 11) is 0. The number of halogens is 2. The molecule has 0 fully saturated rings. The van der Waals surface area contributed by atoms with Gasteiger partial charge in [0, 0.05) is 29.0 Å². The fourth-order valence-corrected chi connectivity index (χ4v) is 2.55. The number of hydrogen-bond donors (Lipinski definition) is 1. The van der Waals surface area contributed by atoms with Crippen LogP contribution in [0.3, 0.4) is 0 Å². The van der Waals surface area contributed by atoms with Gasteiger partial charge >= 0.3 is 0 Å². The van der Waals surface area contributed by atoms with Crippen molar-refractivity contribution >= 4 is 27.5 Å². The van der Waals surface area contributed by atoms with E-state index in [2.05, 4.69) is 33.2 Å². The molecule has 1 heterocycles. The number of nitrogens with zero attached hydrogens (tertiary/aromatic N) is 1. The zero-order chi connectivity index (χ0) is 15.1. The number of nitrogens with one attached hydrogen (secondary N) is 1. The molecule has 112 valence electrons. The lowest BCUT2D eigenvalue weighted by Gasteiger charge is -2.10. The molecule has 0 saturated heterocycles. The molecular weight excluding hydrogens is 352 g/mol. The molecule has 0 radical (unpaired) electrons. The Labute approximate surface area is 138 Å². The average Bonchev–Trinajstić information content (AvgIpc) is 2.47. The Morgan fingerprint density at radius 2 is 2.10 bits per heavy atom. The molecule has 0 aliphatic carbocycles. The van der Waals surface area contributed by atoms with Crippen LogP contribution in [0.25, 0.3) is 0 Å². The number of ether oxygens (including phenoxy) is 1. The maximum Gasteiger partial charge on any atom is 0.138 e. The lowest BCUT2D eigenvalue weighted by atomic mass is 10.2. The van der Waals surface area contributed by atoms with E-state index in [0.29, 0.717) is 17.4 Å². The molecular formula is C16H18BrClN2O. The monoisotopic (exact) mass is 368 g/mol. The number of hydrogen-bond acceptors (Lipinski definition) is 3. The predicted octanol–water partition coefficient (Wildman–Crippen LogP) is 4.58. The highest BCUT2D eigenvalue weighted by molar-refractivity contribution is 9.10. The minimum absolute atomic E-state index is 0.444. The van der Waals surface area contributed by atoms with Gasteiger partial charge in [0.15, 0.2) is 0 Å². The molecule has 5 heteroatoms. The molecule has 3 nitrogen and oxygen atoms in total. The number of rotatable bonds is 7. The zero-order valence-electron chi connectivity index (χ0n) is 11.9. The summed E-state index contributed by atoms with van der Waals surface area (Å²) >= 11 is 9.65. The highest BCUT2D eigenvalue weighted by atomic mass is 79.9. The summed E-state index contributed by atoms with van der Waals surface area (Å²) < 4.78 is 6.68. The molecule has 0 amide bonds. The van der Waals surface area contributed by atoms with Crippen molar-refractivity contribution in [3.63, 3.8) is 0 Å². The van der Waals surface area contributed by atoms with Crippen molar-refractivity contribution in [3.05, 3.63) is 57.3 Å². The first kappa shape index (κ1) is 16.3. The van der Waals surface area contributed by atoms with Crippen LogP contribution in [-0.4, -0.2) is 11.5 Å². The quantitative estimate of drug-likeness (QED) is 0.726. The first-order chi connectivity index (χ1) is 10.2. The first-order valence-corrected chi connectivity index (χ1v) is 8.07. The number of aromatic nitrogens is 1. The second kappa shape index (κ2) is 8.37. The third-order valence-corrected chi connectivity index (χ3v) is 3.64. The van der Waals surface area contributed by atoms with Gasteiger partial charge in [-0.05, 0) is 52.7 Å². The van der Waals surface area contributed by atoms with E-state index in [0.717, 1.165) is 35.1 Å². The second-order valence-electron chi connectivity index (χ2n) is 4.74. The van der Waals surface area contributed by atoms with Gasteiger partial charge in [-0.2, -0.15) is 0 Å². The molecule has 1 N–H and O–H groups in total. The number of pyridine rings is 1. The van der Waals surface area contributed by atoms with Crippen LogP contribution in [-0.2, 0) is 13.2 Å². The van der Waals surface area contributed by atoms with E-state index in [1.54, 1.807) is 12.4 Å². The Balaban J connectivity index is 1.94. The van der Waals surface area contributed by atoms with Gasteiger partial charge in [-0.15, -0.1) is 0 Å². The van der Waals surface area contributed by atoms with Gasteiger partial charge in [0.1, 0.15) is 12.4 Å². The summed E-state index contributed by atoms with van der Waals surface area (Å²) in [4.78, 5) is 4.11. The van der Waals surface area contributed by atoms with Crippen molar-refractivity contribution in [2.45, 2.75) is 26.5 Å². The highest BCUT2D eigenvalue weighted by Crippen LogP contribution is 2.26. The topological polar surface area (TPSA) is 34.1 Å². The van der Waals surface area contributed by atoms with Gasteiger partial charge in [-0.25, -0.2) is 0 Å². The summed E-state index contributed by atoms with van der Waals surface area (Å²) in [5.74, 6) is 0.691. The lowest BCUT2D eigenvalue weighted by molar-refractivity contribution is 0.306. The molecule has 1 aromatic carbocycles. The van der Waals surface area contributed by atoms with Crippen molar-refractivity contribution in [3.8, 4) is 5.75 Å². The van der Waals surface area contributed by atoms with Crippen LogP contribution in [0.1, 0.15) is 24.5 Å². The van der Waals surface area contributed by atoms with Gasteiger partial charge in [-0.1, -0.05) is 24.6 Å². The molecule has 0 saturated carbocycles. The van der Waals surface area contributed by atoms with Crippen LogP contribution in [0.5, 0.6) is 5.75 Å². The third-order valence-electron chi connectivity index (χ3n) is 2.91. The van der Waals surface area contributed by atoms with Crippen LogP contribution in [0.2, 0.25) is 5.02 Å². The van der Waals surface area contributed by atoms with Gasteiger partial charge in [-0.3, -0.25) is 4.98 Å². The van der Waals surface area contributed by atoms with Crippen molar-refractivity contribution in [1.29, 1.82) is 0 Å². The summed E-state index contributed by atoms with van der Waals surface area (Å²) in [6.45, 7) is 4.42. The molecule has 0 bridgehead atoms.